The van der Waals surface area contributed by atoms with Crippen LogP contribution in [0.3, 0.4) is 0 Å². The van der Waals surface area contributed by atoms with Crippen molar-refractivity contribution in [3.05, 3.63) is 65.7 Å². The van der Waals surface area contributed by atoms with Crippen molar-refractivity contribution in [1.29, 1.82) is 5.26 Å². The van der Waals surface area contributed by atoms with Crippen molar-refractivity contribution in [2.24, 2.45) is 0 Å². The maximum absolute atomic E-state index is 9.04. The zero-order chi connectivity index (χ0) is 17.1. The minimum atomic E-state index is 0.117. The Kier molecular flexibility index (Phi) is 4.30. The van der Waals surface area contributed by atoms with Crippen LogP contribution in [0.4, 0.5) is 0 Å². The molecule has 3 aromatic rings. The van der Waals surface area contributed by atoms with E-state index in [2.05, 4.69) is 45.8 Å². The lowest BCUT2D eigenvalue weighted by Crippen LogP contribution is -2.33. The van der Waals surface area contributed by atoms with Crippen molar-refractivity contribution in [3.8, 4) is 28.6 Å². The molecule has 1 atom stereocenters. The van der Waals surface area contributed by atoms with Gasteiger partial charge in [0.25, 0.3) is 0 Å². The molecule has 4 rings (SSSR count). The molecule has 0 amide bonds. The first kappa shape index (κ1) is 15.6. The maximum Gasteiger partial charge on any atom is 0.0991 e. The van der Waals surface area contributed by atoms with Gasteiger partial charge in [0.1, 0.15) is 0 Å². The van der Waals surface area contributed by atoms with Crippen molar-refractivity contribution in [3.63, 3.8) is 0 Å². The predicted octanol–water partition coefficient (Wildman–Crippen LogP) is 3.28. The summed E-state index contributed by atoms with van der Waals surface area (Å²) < 4.78 is 5.78. The number of nitrogens with zero attached hydrogens (tertiary/aromatic N) is 2. The fourth-order valence-corrected chi connectivity index (χ4v) is 3.02. The highest BCUT2D eigenvalue weighted by molar-refractivity contribution is 5.69. The summed E-state index contributed by atoms with van der Waals surface area (Å²) in [5.41, 5.74) is 5.60. The molecule has 2 heterocycles. The topological polar surface area (TPSA) is 73.7 Å². The molecule has 0 saturated carbocycles. The van der Waals surface area contributed by atoms with E-state index in [4.69, 9.17) is 10.00 Å². The summed E-state index contributed by atoms with van der Waals surface area (Å²) in [5.74, 6) is 0. The van der Waals surface area contributed by atoms with Gasteiger partial charge in [0, 0.05) is 24.2 Å². The van der Waals surface area contributed by atoms with E-state index in [0.29, 0.717) is 5.56 Å². The van der Waals surface area contributed by atoms with Crippen molar-refractivity contribution in [2.45, 2.75) is 6.10 Å². The van der Waals surface area contributed by atoms with Gasteiger partial charge in [0.2, 0.25) is 0 Å². The summed E-state index contributed by atoms with van der Waals surface area (Å²) in [6.07, 6.45) is 0.117. The number of benzene rings is 2. The second-order valence-corrected chi connectivity index (χ2v) is 6.05. The molecular weight excluding hydrogens is 312 g/mol. The first-order valence-corrected chi connectivity index (χ1v) is 8.32. The van der Waals surface area contributed by atoms with Crippen LogP contribution in [0.1, 0.15) is 17.2 Å². The standard InChI is InChI=1S/C20H18N4O/c21-12-14-2-1-3-17(10-14)19-11-18(23-24-19)15-4-6-16(7-5-15)20-13-22-8-9-25-20/h1-7,10-11,20,22H,8-9,13H2,(H,23,24). The van der Waals surface area contributed by atoms with Gasteiger partial charge in [-0.2, -0.15) is 10.4 Å². The van der Waals surface area contributed by atoms with Gasteiger partial charge < -0.3 is 10.1 Å². The summed E-state index contributed by atoms with van der Waals surface area (Å²) in [5, 5.41) is 19.8. The lowest BCUT2D eigenvalue weighted by Gasteiger charge is -2.24. The molecule has 1 unspecified atom stereocenters. The predicted molar refractivity (Wildman–Crippen MR) is 95.7 cm³/mol. The van der Waals surface area contributed by atoms with Crippen molar-refractivity contribution >= 4 is 0 Å². The zero-order valence-electron chi connectivity index (χ0n) is 13.7. The van der Waals surface area contributed by atoms with Crippen LogP contribution in [0, 0.1) is 11.3 Å². The molecule has 1 saturated heterocycles. The Bertz CT molecular complexity index is 902. The molecule has 5 heteroatoms. The average molecular weight is 330 g/mol. The van der Waals surface area contributed by atoms with Gasteiger partial charge >= 0.3 is 0 Å². The molecule has 0 bridgehead atoms. The van der Waals surface area contributed by atoms with Crippen LogP contribution in [-0.4, -0.2) is 29.9 Å². The van der Waals surface area contributed by atoms with E-state index in [1.165, 1.54) is 5.56 Å². The number of hydrogen-bond donors (Lipinski definition) is 2. The van der Waals surface area contributed by atoms with E-state index in [1.807, 2.05) is 24.3 Å². The highest BCUT2D eigenvalue weighted by Gasteiger charge is 2.15. The van der Waals surface area contributed by atoms with Crippen LogP contribution < -0.4 is 5.32 Å². The number of ether oxygens (including phenoxy) is 1. The quantitative estimate of drug-likeness (QED) is 0.773. The number of aromatic nitrogens is 2. The van der Waals surface area contributed by atoms with E-state index in [9.17, 15) is 0 Å². The fourth-order valence-electron chi connectivity index (χ4n) is 3.02. The minimum absolute atomic E-state index is 0.117. The molecule has 2 N–H and O–H groups in total. The third-order valence-electron chi connectivity index (χ3n) is 4.39. The van der Waals surface area contributed by atoms with Crippen LogP contribution in [0.25, 0.3) is 22.5 Å². The fraction of sp³-hybridized carbons (Fsp3) is 0.200. The molecule has 2 aromatic carbocycles. The number of aromatic amines is 1. The lowest BCUT2D eigenvalue weighted by molar-refractivity contribution is 0.0277. The number of rotatable bonds is 3. The molecule has 0 spiro atoms. The van der Waals surface area contributed by atoms with Crippen LogP contribution >= 0.6 is 0 Å². The van der Waals surface area contributed by atoms with Crippen LogP contribution in [0.5, 0.6) is 0 Å². The van der Waals surface area contributed by atoms with Gasteiger partial charge in [-0.05, 0) is 23.8 Å². The Morgan fingerprint density at radius 1 is 1.08 bits per heavy atom. The number of H-pyrrole nitrogens is 1. The maximum atomic E-state index is 9.04. The second-order valence-electron chi connectivity index (χ2n) is 6.05. The summed E-state index contributed by atoms with van der Waals surface area (Å²) in [6, 6.07) is 20.0. The van der Waals surface area contributed by atoms with Gasteiger partial charge in [-0.1, -0.05) is 36.4 Å². The number of nitrogens with one attached hydrogen (secondary N) is 2. The molecular formula is C20H18N4O. The molecule has 1 aliphatic rings. The third-order valence-corrected chi connectivity index (χ3v) is 4.39. The summed E-state index contributed by atoms with van der Waals surface area (Å²) in [7, 11) is 0. The molecule has 5 nitrogen and oxygen atoms in total. The van der Waals surface area contributed by atoms with Gasteiger partial charge in [-0.25, -0.2) is 0 Å². The van der Waals surface area contributed by atoms with E-state index < -0.39 is 0 Å². The van der Waals surface area contributed by atoms with Gasteiger partial charge in [-0.3, -0.25) is 5.10 Å². The second kappa shape index (κ2) is 6.89. The van der Waals surface area contributed by atoms with Crippen LogP contribution in [-0.2, 0) is 4.74 Å². The number of morpholine rings is 1. The number of hydrogen-bond acceptors (Lipinski definition) is 4. The highest BCUT2D eigenvalue weighted by Crippen LogP contribution is 2.26. The Hall–Kier alpha value is -2.94. The average Bonchev–Trinajstić information content (AvgIpc) is 3.19. The lowest BCUT2D eigenvalue weighted by atomic mass is 10.0. The molecule has 124 valence electrons. The van der Waals surface area contributed by atoms with Crippen LogP contribution in [0.15, 0.2) is 54.6 Å². The van der Waals surface area contributed by atoms with Crippen molar-refractivity contribution < 1.29 is 4.74 Å². The van der Waals surface area contributed by atoms with Crippen LogP contribution in [0.2, 0.25) is 0 Å². The summed E-state index contributed by atoms with van der Waals surface area (Å²) in [4.78, 5) is 0. The molecule has 1 fully saturated rings. The largest absolute Gasteiger partial charge is 0.371 e. The Labute approximate surface area is 146 Å². The first-order chi connectivity index (χ1) is 12.3. The minimum Gasteiger partial charge on any atom is -0.371 e. The zero-order valence-corrected chi connectivity index (χ0v) is 13.7. The molecule has 25 heavy (non-hydrogen) atoms. The highest BCUT2D eigenvalue weighted by atomic mass is 16.5. The monoisotopic (exact) mass is 330 g/mol. The molecule has 0 radical (unpaired) electrons. The normalized spacial score (nSPS) is 17.2. The van der Waals surface area contributed by atoms with Crippen molar-refractivity contribution in [1.82, 2.24) is 15.5 Å². The Morgan fingerprint density at radius 2 is 1.96 bits per heavy atom. The van der Waals surface area contributed by atoms with Gasteiger partial charge in [0.05, 0.1) is 35.7 Å². The summed E-state index contributed by atoms with van der Waals surface area (Å²) >= 11 is 0. The van der Waals surface area contributed by atoms with Gasteiger partial charge in [-0.15, -0.1) is 0 Å². The molecule has 0 aliphatic carbocycles. The van der Waals surface area contributed by atoms with E-state index in [-0.39, 0.29) is 6.10 Å². The van der Waals surface area contributed by atoms with E-state index in [1.54, 1.807) is 6.07 Å². The Balaban J connectivity index is 1.56. The van der Waals surface area contributed by atoms with Gasteiger partial charge in [0.15, 0.2) is 0 Å². The SMILES string of the molecule is N#Cc1cccc(-c2cc(-c3ccc(C4CNCCO4)cc3)n[nH]2)c1. The Morgan fingerprint density at radius 3 is 2.72 bits per heavy atom. The van der Waals surface area contributed by atoms with Crippen molar-refractivity contribution in [2.75, 3.05) is 19.7 Å². The first-order valence-electron chi connectivity index (χ1n) is 8.32. The number of nitriles is 1. The molecule has 1 aromatic heterocycles. The third kappa shape index (κ3) is 3.31. The smallest absolute Gasteiger partial charge is 0.0991 e. The van der Waals surface area contributed by atoms with E-state index in [0.717, 1.165) is 42.2 Å². The molecule has 1 aliphatic heterocycles. The van der Waals surface area contributed by atoms with E-state index >= 15 is 0 Å². The summed E-state index contributed by atoms with van der Waals surface area (Å²) in [6.45, 7) is 2.51.